The van der Waals surface area contributed by atoms with E-state index in [9.17, 15) is 9.90 Å². The molecule has 0 saturated heterocycles. The minimum atomic E-state index is -0.771. The van der Waals surface area contributed by atoms with Crippen LogP contribution < -0.4 is 4.74 Å². The van der Waals surface area contributed by atoms with E-state index in [1.54, 1.807) is 14.0 Å². The highest BCUT2D eigenvalue weighted by molar-refractivity contribution is 5.76. The fourth-order valence-electron chi connectivity index (χ4n) is 3.66. The largest absolute Gasteiger partial charge is 0.496 e. The first-order chi connectivity index (χ1) is 10.4. The second-order valence-electron chi connectivity index (χ2n) is 6.80. The normalized spacial score (nSPS) is 18.7. The molecule has 0 radical (unpaired) electrons. The first-order valence-electron chi connectivity index (χ1n) is 8.37. The predicted molar refractivity (Wildman–Crippen MR) is 88.9 cm³/mol. The molecule has 1 unspecified atom stereocenters. The van der Waals surface area contributed by atoms with Crippen LogP contribution >= 0.6 is 0 Å². The summed E-state index contributed by atoms with van der Waals surface area (Å²) in [6, 6.07) is 4.09. The van der Waals surface area contributed by atoms with Crippen molar-refractivity contribution in [2.24, 2.45) is 0 Å². The van der Waals surface area contributed by atoms with Crippen molar-refractivity contribution >= 4 is 5.97 Å². The van der Waals surface area contributed by atoms with Crippen LogP contribution in [0.15, 0.2) is 12.1 Å². The molecule has 1 aromatic rings. The van der Waals surface area contributed by atoms with Gasteiger partial charge in [-0.05, 0) is 42.7 Å². The van der Waals surface area contributed by atoms with Gasteiger partial charge in [-0.3, -0.25) is 4.79 Å². The number of aliphatic carboxylic acids is 1. The molecule has 1 aromatic carbocycles. The van der Waals surface area contributed by atoms with Gasteiger partial charge in [-0.25, -0.2) is 0 Å². The second kappa shape index (κ2) is 6.72. The van der Waals surface area contributed by atoms with E-state index in [2.05, 4.69) is 19.9 Å². The third kappa shape index (κ3) is 3.13. The summed E-state index contributed by atoms with van der Waals surface area (Å²) >= 11 is 0. The Bertz CT molecular complexity index is 542. The number of carboxylic acid groups (broad SMARTS) is 1. The van der Waals surface area contributed by atoms with E-state index >= 15 is 0 Å². The van der Waals surface area contributed by atoms with E-state index in [-0.39, 0.29) is 5.41 Å². The molecule has 1 fully saturated rings. The molecular formula is C19H28O3. The average molecular weight is 304 g/mol. The summed E-state index contributed by atoms with van der Waals surface area (Å²) in [7, 11) is 1.73. The highest BCUT2D eigenvalue weighted by Gasteiger charge is 2.33. The number of rotatable bonds is 5. The van der Waals surface area contributed by atoms with Crippen LogP contribution in [0.1, 0.15) is 75.5 Å². The minimum Gasteiger partial charge on any atom is -0.496 e. The third-order valence-corrected chi connectivity index (χ3v) is 5.25. The number of ether oxygens (including phenoxy) is 1. The van der Waals surface area contributed by atoms with Crippen molar-refractivity contribution in [3.63, 3.8) is 0 Å². The van der Waals surface area contributed by atoms with Gasteiger partial charge in [-0.2, -0.15) is 0 Å². The van der Waals surface area contributed by atoms with Crippen molar-refractivity contribution in [2.75, 3.05) is 7.11 Å². The van der Waals surface area contributed by atoms with E-state index in [0.717, 1.165) is 36.1 Å². The summed E-state index contributed by atoms with van der Waals surface area (Å²) in [5, 5.41) is 9.36. The summed E-state index contributed by atoms with van der Waals surface area (Å²) < 4.78 is 5.73. The number of hydrogen-bond donors (Lipinski definition) is 1. The van der Waals surface area contributed by atoms with Crippen molar-refractivity contribution in [2.45, 2.75) is 70.6 Å². The van der Waals surface area contributed by atoms with E-state index < -0.39 is 11.9 Å². The molecule has 0 aromatic heterocycles. The molecule has 0 spiro atoms. The fraction of sp³-hybridized carbons (Fsp3) is 0.632. The first kappa shape index (κ1) is 16.9. The highest BCUT2D eigenvalue weighted by atomic mass is 16.5. The Morgan fingerprint density at radius 1 is 1.32 bits per heavy atom. The first-order valence-corrected chi connectivity index (χ1v) is 8.37. The maximum Gasteiger partial charge on any atom is 0.310 e. The van der Waals surface area contributed by atoms with E-state index in [1.807, 2.05) is 6.07 Å². The van der Waals surface area contributed by atoms with Crippen molar-refractivity contribution in [3.05, 3.63) is 28.8 Å². The molecular weight excluding hydrogens is 276 g/mol. The molecule has 1 aliphatic rings. The van der Waals surface area contributed by atoms with Crippen LogP contribution in [-0.2, 0) is 16.6 Å². The monoisotopic (exact) mass is 304 g/mol. The maximum atomic E-state index is 11.4. The molecule has 1 N–H and O–H groups in total. The van der Waals surface area contributed by atoms with Gasteiger partial charge >= 0.3 is 5.97 Å². The van der Waals surface area contributed by atoms with E-state index in [4.69, 9.17) is 4.74 Å². The molecule has 0 aliphatic heterocycles. The maximum absolute atomic E-state index is 11.4. The summed E-state index contributed by atoms with van der Waals surface area (Å²) in [6.45, 7) is 6.16. The summed E-state index contributed by atoms with van der Waals surface area (Å²) in [5.41, 5.74) is 3.32. The van der Waals surface area contributed by atoms with Crippen LogP contribution in [0.4, 0.5) is 0 Å². The number of aryl methyl sites for hydroxylation is 1. The lowest BCUT2D eigenvalue weighted by molar-refractivity contribution is -0.138. The smallest absolute Gasteiger partial charge is 0.310 e. The Balaban J connectivity index is 2.58. The molecule has 2 rings (SSSR count). The Morgan fingerprint density at radius 2 is 1.95 bits per heavy atom. The minimum absolute atomic E-state index is 0.0990. The lowest BCUT2D eigenvalue weighted by Gasteiger charge is -2.36. The van der Waals surface area contributed by atoms with Crippen molar-refractivity contribution in [1.82, 2.24) is 0 Å². The molecule has 1 atom stereocenters. The standard InChI is InChI=1S/C19H28O3/c1-5-14-11-15(13(2)18(20)21)12-16(17(14)22-4)19(3)9-7-6-8-10-19/h11-13H,5-10H2,1-4H3,(H,20,21). The molecule has 0 heterocycles. The van der Waals surface area contributed by atoms with Crippen LogP contribution in [0.5, 0.6) is 5.75 Å². The average Bonchev–Trinajstić information content (AvgIpc) is 2.53. The fourth-order valence-corrected chi connectivity index (χ4v) is 3.66. The van der Waals surface area contributed by atoms with Gasteiger partial charge in [0, 0.05) is 5.56 Å². The summed E-state index contributed by atoms with van der Waals surface area (Å²) in [6.07, 6.45) is 6.92. The van der Waals surface area contributed by atoms with Gasteiger partial charge in [-0.15, -0.1) is 0 Å². The Morgan fingerprint density at radius 3 is 2.45 bits per heavy atom. The number of carboxylic acids is 1. The van der Waals surface area contributed by atoms with Crippen LogP contribution in [0.25, 0.3) is 0 Å². The predicted octanol–water partition coefficient (Wildman–Crippen LogP) is 4.67. The molecule has 3 heteroatoms. The molecule has 0 amide bonds. The molecule has 1 aliphatic carbocycles. The van der Waals surface area contributed by atoms with E-state index in [0.29, 0.717) is 0 Å². The topological polar surface area (TPSA) is 46.5 Å². The lowest BCUT2D eigenvalue weighted by atomic mass is 9.69. The van der Waals surface area contributed by atoms with Crippen molar-refractivity contribution in [3.8, 4) is 5.75 Å². The van der Waals surface area contributed by atoms with Gasteiger partial charge in [0.2, 0.25) is 0 Å². The molecule has 122 valence electrons. The SMILES string of the molecule is CCc1cc(C(C)C(=O)O)cc(C2(C)CCCCC2)c1OC. The lowest BCUT2D eigenvalue weighted by Crippen LogP contribution is -2.26. The van der Waals surface area contributed by atoms with Gasteiger partial charge in [0.1, 0.15) is 5.75 Å². The molecule has 1 saturated carbocycles. The van der Waals surface area contributed by atoms with Crippen LogP contribution in [0.2, 0.25) is 0 Å². The van der Waals surface area contributed by atoms with Crippen LogP contribution in [0.3, 0.4) is 0 Å². The zero-order valence-corrected chi connectivity index (χ0v) is 14.2. The van der Waals surface area contributed by atoms with Gasteiger partial charge in [0.25, 0.3) is 0 Å². The van der Waals surface area contributed by atoms with Gasteiger partial charge in [0.05, 0.1) is 13.0 Å². The number of carbonyl (C=O) groups is 1. The van der Waals surface area contributed by atoms with Gasteiger partial charge < -0.3 is 9.84 Å². The number of hydrogen-bond acceptors (Lipinski definition) is 2. The Hall–Kier alpha value is -1.51. The second-order valence-corrected chi connectivity index (χ2v) is 6.80. The van der Waals surface area contributed by atoms with Gasteiger partial charge in [-0.1, -0.05) is 45.2 Å². The Kier molecular flexibility index (Phi) is 5.15. The highest BCUT2D eigenvalue weighted by Crippen LogP contribution is 2.45. The van der Waals surface area contributed by atoms with Crippen molar-refractivity contribution < 1.29 is 14.6 Å². The zero-order valence-electron chi connectivity index (χ0n) is 14.2. The van der Waals surface area contributed by atoms with Crippen LogP contribution in [-0.4, -0.2) is 18.2 Å². The van der Waals surface area contributed by atoms with Crippen molar-refractivity contribution in [1.29, 1.82) is 0 Å². The third-order valence-electron chi connectivity index (χ3n) is 5.25. The summed E-state index contributed by atoms with van der Waals surface area (Å²) in [4.78, 5) is 11.4. The quantitative estimate of drug-likeness (QED) is 0.860. The molecule has 0 bridgehead atoms. The number of methoxy groups -OCH3 is 1. The van der Waals surface area contributed by atoms with Crippen LogP contribution in [0, 0.1) is 0 Å². The number of benzene rings is 1. The summed E-state index contributed by atoms with van der Waals surface area (Å²) in [5.74, 6) is -0.289. The van der Waals surface area contributed by atoms with Gasteiger partial charge in [0.15, 0.2) is 0 Å². The molecule has 22 heavy (non-hydrogen) atoms. The molecule has 3 nitrogen and oxygen atoms in total. The Labute approximate surface area is 133 Å². The zero-order chi connectivity index (χ0) is 16.3. The van der Waals surface area contributed by atoms with E-state index in [1.165, 1.54) is 24.8 Å².